The molecule has 1 aromatic carbocycles. The normalized spacial score (nSPS) is 13.8. The zero-order chi connectivity index (χ0) is 14.4. The van der Waals surface area contributed by atoms with E-state index >= 15 is 0 Å². The molecule has 0 fully saturated rings. The molecule has 1 aromatic heterocycles. The van der Waals surface area contributed by atoms with Crippen LogP contribution >= 0.6 is 15.9 Å². The van der Waals surface area contributed by atoms with E-state index in [9.17, 15) is 9.59 Å². The van der Waals surface area contributed by atoms with Gasteiger partial charge < -0.3 is 0 Å². The SMILES string of the molecule is Cc1ccc(C)c2c1C(=O)N(c1cccc(Br)n1)C2=O. The highest BCUT2D eigenvalue weighted by atomic mass is 79.9. The molecule has 4 nitrogen and oxygen atoms in total. The first-order chi connectivity index (χ1) is 9.50. The molecule has 100 valence electrons. The summed E-state index contributed by atoms with van der Waals surface area (Å²) in [5, 5.41) is 0. The van der Waals surface area contributed by atoms with Gasteiger partial charge in [0.2, 0.25) is 0 Å². The van der Waals surface area contributed by atoms with E-state index in [0.717, 1.165) is 16.0 Å². The maximum Gasteiger partial charge on any atom is 0.267 e. The van der Waals surface area contributed by atoms with Crippen molar-refractivity contribution in [3.05, 3.63) is 57.2 Å². The lowest BCUT2D eigenvalue weighted by molar-refractivity contribution is 0.0925. The van der Waals surface area contributed by atoms with Crippen LogP contribution in [0.15, 0.2) is 34.9 Å². The maximum atomic E-state index is 12.5. The molecule has 5 heteroatoms. The number of pyridine rings is 1. The van der Waals surface area contributed by atoms with Crippen molar-refractivity contribution in [1.82, 2.24) is 4.98 Å². The summed E-state index contributed by atoms with van der Waals surface area (Å²) in [5.74, 6) is -0.280. The minimum absolute atomic E-state index is 0.309. The predicted molar refractivity (Wildman–Crippen MR) is 79.0 cm³/mol. The molecule has 0 spiro atoms. The number of aryl methyl sites for hydroxylation is 2. The number of benzene rings is 1. The van der Waals surface area contributed by atoms with Gasteiger partial charge in [-0.05, 0) is 53.0 Å². The number of carbonyl (C=O) groups is 2. The number of nitrogens with zero attached hydrogens (tertiary/aromatic N) is 2. The monoisotopic (exact) mass is 330 g/mol. The lowest BCUT2D eigenvalue weighted by Crippen LogP contribution is -2.30. The van der Waals surface area contributed by atoms with Crippen molar-refractivity contribution in [1.29, 1.82) is 0 Å². The summed E-state index contributed by atoms with van der Waals surface area (Å²) < 4.78 is 0.583. The highest BCUT2D eigenvalue weighted by Crippen LogP contribution is 2.31. The number of hydrogen-bond donors (Lipinski definition) is 0. The van der Waals surface area contributed by atoms with Crippen LogP contribution in [0.1, 0.15) is 31.8 Å². The second-order valence-electron chi connectivity index (χ2n) is 4.71. The van der Waals surface area contributed by atoms with Gasteiger partial charge in [-0.3, -0.25) is 9.59 Å². The highest BCUT2D eigenvalue weighted by molar-refractivity contribution is 9.10. The fourth-order valence-corrected chi connectivity index (χ4v) is 2.74. The molecule has 0 saturated carbocycles. The van der Waals surface area contributed by atoms with Crippen LogP contribution in [0.5, 0.6) is 0 Å². The van der Waals surface area contributed by atoms with Gasteiger partial charge in [-0.15, -0.1) is 0 Å². The van der Waals surface area contributed by atoms with Gasteiger partial charge in [0.25, 0.3) is 11.8 Å². The first kappa shape index (κ1) is 13.0. The van der Waals surface area contributed by atoms with E-state index in [1.165, 1.54) is 0 Å². The molecule has 0 atom stereocenters. The lowest BCUT2D eigenvalue weighted by Gasteiger charge is -2.12. The summed E-state index contributed by atoms with van der Waals surface area (Å²) in [5.41, 5.74) is 2.58. The standard InChI is InChI=1S/C15H11BrN2O2/c1-8-6-7-9(2)13-12(8)14(19)18(15(13)20)11-5-3-4-10(16)17-11/h3-7H,1-2H3. The van der Waals surface area contributed by atoms with Crippen molar-refractivity contribution in [3.8, 4) is 0 Å². The zero-order valence-corrected chi connectivity index (χ0v) is 12.6. The first-order valence-electron chi connectivity index (χ1n) is 6.12. The number of halogens is 1. The molecule has 1 aliphatic rings. The third-order valence-corrected chi connectivity index (χ3v) is 3.83. The van der Waals surface area contributed by atoms with Gasteiger partial charge in [-0.25, -0.2) is 9.88 Å². The van der Waals surface area contributed by atoms with Gasteiger partial charge in [0.05, 0.1) is 11.1 Å². The Balaban J connectivity index is 2.20. The van der Waals surface area contributed by atoms with Crippen molar-refractivity contribution in [2.24, 2.45) is 0 Å². The number of imide groups is 1. The number of anilines is 1. The Kier molecular flexibility index (Phi) is 2.94. The predicted octanol–water partition coefficient (Wildman–Crippen LogP) is 3.26. The molecule has 2 heterocycles. The largest absolute Gasteiger partial charge is 0.268 e. The molecule has 0 radical (unpaired) electrons. The van der Waals surface area contributed by atoms with Crippen LogP contribution in [0.3, 0.4) is 0 Å². The van der Waals surface area contributed by atoms with E-state index in [1.54, 1.807) is 18.2 Å². The van der Waals surface area contributed by atoms with Crippen LogP contribution in [0.2, 0.25) is 0 Å². The van der Waals surface area contributed by atoms with Crippen LogP contribution in [-0.2, 0) is 0 Å². The van der Waals surface area contributed by atoms with E-state index in [1.807, 2.05) is 26.0 Å². The summed E-state index contributed by atoms with van der Waals surface area (Å²) in [6.45, 7) is 3.67. The number of amides is 2. The van der Waals surface area contributed by atoms with Crippen molar-refractivity contribution in [3.63, 3.8) is 0 Å². The summed E-state index contributed by atoms with van der Waals surface area (Å²) in [6, 6.07) is 8.86. The van der Waals surface area contributed by atoms with Crippen LogP contribution in [-0.4, -0.2) is 16.8 Å². The Morgan fingerprint density at radius 2 is 1.50 bits per heavy atom. The van der Waals surface area contributed by atoms with Gasteiger partial charge in [0, 0.05) is 0 Å². The molecule has 0 aliphatic carbocycles. The quantitative estimate of drug-likeness (QED) is 0.595. The average molecular weight is 331 g/mol. The van der Waals surface area contributed by atoms with Crippen molar-refractivity contribution >= 4 is 33.6 Å². The smallest absolute Gasteiger partial charge is 0.267 e. The summed E-state index contributed by atoms with van der Waals surface area (Å²) in [6.07, 6.45) is 0. The third-order valence-electron chi connectivity index (χ3n) is 3.39. The molecule has 1 aliphatic heterocycles. The number of carbonyl (C=O) groups excluding carboxylic acids is 2. The molecule has 0 saturated heterocycles. The topological polar surface area (TPSA) is 50.3 Å². The molecule has 20 heavy (non-hydrogen) atoms. The van der Waals surface area contributed by atoms with Gasteiger partial charge in [0.1, 0.15) is 10.4 Å². The van der Waals surface area contributed by atoms with Crippen LogP contribution in [0.25, 0.3) is 0 Å². The fourth-order valence-electron chi connectivity index (χ4n) is 2.41. The van der Waals surface area contributed by atoms with Gasteiger partial charge in [-0.1, -0.05) is 18.2 Å². The Labute approximate surface area is 124 Å². The van der Waals surface area contributed by atoms with Crippen molar-refractivity contribution < 1.29 is 9.59 Å². The molecule has 3 rings (SSSR count). The molecule has 0 unspecified atom stereocenters. The Hall–Kier alpha value is -2.01. The molecule has 0 bridgehead atoms. The number of hydrogen-bond acceptors (Lipinski definition) is 3. The average Bonchev–Trinajstić information content (AvgIpc) is 2.67. The Morgan fingerprint density at radius 3 is 2.00 bits per heavy atom. The Bertz CT molecular complexity index is 715. The summed E-state index contributed by atoms with van der Waals surface area (Å²) >= 11 is 3.25. The molecule has 0 N–H and O–H groups in total. The molecular weight excluding hydrogens is 320 g/mol. The minimum atomic E-state index is -0.309. The second kappa shape index (κ2) is 4.52. The third kappa shape index (κ3) is 1.78. The molecule has 2 aromatic rings. The first-order valence-corrected chi connectivity index (χ1v) is 6.91. The second-order valence-corrected chi connectivity index (χ2v) is 5.53. The number of rotatable bonds is 1. The summed E-state index contributed by atoms with van der Waals surface area (Å²) in [4.78, 5) is 30.4. The van der Waals surface area contributed by atoms with E-state index in [2.05, 4.69) is 20.9 Å². The van der Waals surface area contributed by atoms with Crippen molar-refractivity contribution in [2.75, 3.05) is 4.90 Å². The Morgan fingerprint density at radius 1 is 0.950 bits per heavy atom. The van der Waals surface area contributed by atoms with Gasteiger partial charge in [-0.2, -0.15) is 0 Å². The summed E-state index contributed by atoms with van der Waals surface area (Å²) in [7, 11) is 0. The number of aromatic nitrogens is 1. The highest BCUT2D eigenvalue weighted by Gasteiger charge is 2.39. The van der Waals surface area contributed by atoms with Crippen LogP contribution < -0.4 is 4.90 Å². The van der Waals surface area contributed by atoms with E-state index < -0.39 is 0 Å². The van der Waals surface area contributed by atoms with Crippen LogP contribution in [0, 0.1) is 13.8 Å². The minimum Gasteiger partial charge on any atom is -0.268 e. The number of fused-ring (bicyclic) bond motifs is 1. The van der Waals surface area contributed by atoms with E-state index in [0.29, 0.717) is 21.5 Å². The lowest BCUT2D eigenvalue weighted by atomic mass is 9.99. The molecule has 2 amide bonds. The van der Waals surface area contributed by atoms with Crippen LogP contribution in [0.4, 0.5) is 5.82 Å². The zero-order valence-electron chi connectivity index (χ0n) is 11.0. The van der Waals surface area contributed by atoms with E-state index in [4.69, 9.17) is 0 Å². The fraction of sp³-hybridized carbons (Fsp3) is 0.133. The molecular formula is C15H11BrN2O2. The van der Waals surface area contributed by atoms with Gasteiger partial charge in [0.15, 0.2) is 0 Å². The van der Waals surface area contributed by atoms with Gasteiger partial charge >= 0.3 is 0 Å². The van der Waals surface area contributed by atoms with E-state index in [-0.39, 0.29) is 11.8 Å². The van der Waals surface area contributed by atoms with Crippen molar-refractivity contribution in [2.45, 2.75) is 13.8 Å². The maximum absolute atomic E-state index is 12.5.